The Kier molecular flexibility index (Phi) is 3.65. The van der Waals surface area contributed by atoms with Crippen LogP contribution in [0.15, 0.2) is 23.1 Å². The van der Waals surface area contributed by atoms with E-state index in [2.05, 4.69) is 17.5 Å². The van der Waals surface area contributed by atoms with Gasteiger partial charge in [-0.3, -0.25) is 4.90 Å². The number of halogens is 1. The molecule has 1 heterocycles. The van der Waals surface area contributed by atoms with Gasteiger partial charge in [0.25, 0.3) is 0 Å². The molecule has 0 aromatic heterocycles. The topological polar surface area (TPSA) is 3.24 Å². The van der Waals surface area contributed by atoms with Crippen LogP contribution in [-0.4, -0.2) is 18.0 Å². The molecule has 0 unspecified atom stereocenters. The lowest BCUT2D eigenvalue weighted by molar-refractivity contribution is 0.218. The lowest BCUT2D eigenvalue weighted by Crippen LogP contribution is -2.29. The Bertz CT molecular complexity index is 334. The highest BCUT2D eigenvalue weighted by atomic mass is 32.1. The van der Waals surface area contributed by atoms with Gasteiger partial charge in [-0.15, -0.1) is 12.6 Å². The molecule has 1 aliphatic heterocycles. The molecule has 1 nitrogen and oxygen atoms in total. The van der Waals surface area contributed by atoms with Crippen LogP contribution >= 0.6 is 12.6 Å². The van der Waals surface area contributed by atoms with E-state index in [4.69, 9.17) is 0 Å². The number of hydrogen-bond donors (Lipinski definition) is 1. The maximum atomic E-state index is 13.5. The van der Waals surface area contributed by atoms with Gasteiger partial charge in [-0.1, -0.05) is 12.5 Å². The van der Waals surface area contributed by atoms with Crippen LogP contribution in [0.3, 0.4) is 0 Å². The zero-order valence-corrected chi connectivity index (χ0v) is 9.64. The maximum absolute atomic E-state index is 13.5. The molecule has 0 N–H and O–H groups in total. The Labute approximate surface area is 95.7 Å². The SMILES string of the molecule is Fc1cc(S)ccc1CN1CCCCC1. The van der Waals surface area contributed by atoms with Gasteiger partial charge in [0.15, 0.2) is 0 Å². The van der Waals surface area contributed by atoms with Gasteiger partial charge in [0, 0.05) is 17.0 Å². The first kappa shape index (κ1) is 11.0. The molecule has 1 aliphatic rings. The summed E-state index contributed by atoms with van der Waals surface area (Å²) in [4.78, 5) is 3.01. The highest BCUT2D eigenvalue weighted by molar-refractivity contribution is 7.80. The second-order valence-corrected chi connectivity index (χ2v) is 4.63. The minimum Gasteiger partial charge on any atom is -0.299 e. The largest absolute Gasteiger partial charge is 0.299 e. The fraction of sp³-hybridized carbons (Fsp3) is 0.500. The maximum Gasteiger partial charge on any atom is 0.128 e. The zero-order chi connectivity index (χ0) is 10.7. The van der Waals surface area contributed by atoms with Crippen LogP contribution in [0, 0.1) is 5.82 Å². The first-order valence-electron chi connectivity index (χ1n) is 5.45. The van der Waals surface area contributed by atoms with Crippen LogP contribution in [0.5, 0.6) is 0 Å². The van der Waals surface area contributed by atoms with Crippen LogP contribution in [0.4, 0.5) is 4.39 Å². The van der Waals surface area contributed by atoms with E-state index in [1.165, 1.54) is 25.3 Å². The summed E-state index contributed by atoms with van der Waals surface area (Å²) in [7, 11) is 0. The average molecular weight is 225 g/mol. The van der Waals surface area contributed by atoms with Gasteiger partial charge in [0.2, 0.25) is 0 Å². The minimum absolute atomic E-state index is 0.131. The summed E-state index contributed by atoms with van der Waals surface area (Å²) in [6, 6.07) is 5.18. The third-order valence-electron chi connectivity index (χ3n) is 2.88. The summed E-state index contributed by atoms with van der Waals surface area (Å²) in [6.45, 7) is 2.93. The molecule has 0 amide bonds. The normalized spacial score (nSPS) is 18.0. The van der Waals surface area contributed by atoms with Gasteiger partial charge in [0.1, 0.15) is 5.82 Å². The molecular weight excluding hydrogens is 209 g/mol. The van der Waals surface area contributed by atoms with Crippen molar-refractivity contribution in [1.82, 2.24) is 4.90 Å². The minimum atomic E-state index is -0.131. The van der Waals surface area contributed by atoms with Gasteiger partial charge < -0.3 is 0 Å². The summed E-state index contributed by atoms with van der Waals surface area (Å²) in [6.07, 6.45) is 3.80. The highest BCUT2D eigenvalue weighted by Gasteiger charge is 2.12. The Hall–Kier alpha value is -0.540. The predicted molar refractivity (Wildman–Crippen MR) is 62.8 cm³/mol. The summed E-state index contributed by atoms with van der Waals surface area (Å²) < 4.78 is 13.5. The zero-order valence-electron chi connectivity index (χ0n) is 8.75. The van der Waals surface area contributed by atoms with Crippen molar-refractivity contribution in [3.05, 3.63) is 29.6 Å². The van der Waals surface area contributed by atoms with Gasteiger partial charge in [-0.2, -0.15) is 0 Å². The second kappa shape index (κ2) is 4.99. The number of likely N-dealkylation sites (tertiary alicyclic amines) is 1. The monoisotopic (exact) mass is 225 g/mol. The second-order valence-electron chi connectivity index (χ2n) is 4.11. The van der Waals surface area contributed by atoms with E-state index < -0.39 is 0 Å². The molecule has 0 radical (unpaired) electrons. The standard InChI is InChI=1S/C12H16FNS/c13-12-8-11(15)5-4-10(12)9-14-6-2-1-3-7-14/h4-5,8,15H,1-3,6-7,9H2. The predicted octanol–water partition coefficient (Wildman–Crippen LogP) is 3.10. The Balaban J connectivity index is 2.03. The van der Waals surface area contributed by atoms with Gasteiger partial charge in [-0.25, -0.2) is 4.39 Å². The summed E-state index contributed by atoms with van der Waals surface area (Å²) in [5.74, 6) is -0.131. The van der Waals surface area contributed by atoms with E-state index in [1.54, 1.807) is 0 Å². The van der Waals surface area contributed by atoms with Crippen molar-refractivity contribution in [2.24, 2.45) is 0 Å². The number of hydrogen-bond acceptors (Lipinski definition) is 2. The lowest BCUT2D eigenvalue weighted by atomic mass is 10.1. The van der Waals surface area contributed by atoms with Crippen LogP contribution in [0.25, 0.3) is 0 Å². The molecule has 0 aliphatic carbocycles. The Morgan fingerprint density at radius 2 is 1.93 bits per heavy atom. The van der Waals surface area contributed by atoms with Crippen molar-refractivity contribution < 1.29 is 4.39 Å². The third-order valence-corrected chi connectivity index (χ3v) is 3.16. The summed E-state index contributed by atoms with van der Waals surface area (Å²) >= 11 is 4.11. The molecule has 2 rings (SSSR count). The van der Waals surface area contributed by atoms with E-state index in [0.29, 0.717) is 4.90 Å². The molecule has 1 saturated heterocycles. The van der Waals surface area contributed by atoms with Crippen molar-refractivity contribution in [1.29, 1.82) is 0 Å². The number of thiol groups is 1. The van der Waals surface area contributed by atoms with Crippen molar-refractivity contribution >= 4 is 12.6 Å². The van der Waals surface area contributed by atoms with E-state index in [0.717, 1.165) is 25.2 Å². The molecule has 1 aromatic rings. The molecule has 15 heavy (non-hydrogen) atoms. The highest BCUT2D eigenvalue weighted by Crippen LogP contribution is 2.17. The van der Waals surface area contributed by atoms with E-state index in [-0.39, 0.29) is 5.82 Å². The van der Waals surface area contributed by atoms with E-state index in [1.807, 2.05) is 12.1 Å². The first-order valence-corrected chi connectivity index (χ1v) is 5.90. The average Bonchev–Trinajstić information content (AvgIpc) is 2.24. The molecule has 1 aromatic carbocycles. The first-order chi connectivity index (χ1) is 7.25. The quantitative estimate of drug-likeness (QED) is 0.757. The third kappa shape index (κ3) is 2.95. The molecule has 0 bridgehead atoms. The van der Waals surface area contributed by atoms with E-state index in [9.17, 15) is 4.39 Å². The Morgan fingerprint density at radius 1 is 1.20 bits per heavy atom. The van der Waals surface area contributed by atoms with Crippen molar-refractivity contribution in [2.75, 3.05) is 13.1 Å². The molecule has 0 saturated carbocycles. The number of benzene rings is 1. The smallest absolute Gasteiger partial charge is 0.128 e. The van der Waals surface area contributed by atoms with Crippen LogP contribution in [0.2, 0.25) is 0 Å². The van der Waals surface area contributed by atoms with E-state index >= 15 is 0 Å². The van der Waals surface area contributed by atoms with Crippen LogP contribution < -0.4 is 0 Å². The number of piperidine rings is 1. The molecular formula is C12H16FNS. The Morgan fingerprint density at radius 3 is 2.60 bits per heavy atom. The molecule has 3 heteroatoms. The summed E-state index contributed by atoms with van der Waals surface area (Å²) in [5, 5.41) is 0. The van der Waals surface area contributed by atoms with Crippen LogP contribution in [-0.2, 0) is 6.54 Å². The molecule has 1 fully saturated rings. The van der Waals surface area contributed by atoms with Crippen molar-refractivity contribution in [3.8, 4) is 0 Å². The van der Waals surface area contributed by atoms with Crippen molar-refractivity contribution in [3.63, 3.8) is 0 Å². The molecule has 0 atom stereocenters. The lowest BCUT2D eigenvalue weighted by Gasteiger charge is -2.26. The van der Waals surface area contributed by atoms with Gasteiger partial charge in [0.05, 0.1) is 0 Å². The van der Waals surface area contributed by atoms with Gasteiger partial charge in [-0.05, 0) is 38.1 Å². The fourth-order valence-corrected chi connectivity index (χ4v) is 2.21. The molecule has 0 spiro atoms. The van der Waals surface area contributed by atoms with Crippen LogP contribution in [0.1, 0.15) is 24.8 Å². The summed E-state index contributed by atoms with van der Waals surface area (Å²) in [5.41, 5.74) is 0.787. The number of rotatable bonds is 2. The molecule has 82 valence electrons. The van der Waals surface area contributed by atoms with Crippen molar-refractivity contribution in [2.45, 2.75) is 30.7 Å². The van der Waals surface area contributed by atoms with Gasteiger partial charge >= 0.3 is 0 Å². The fourth-order valence-electron chi connectivity index (χ4n) is 2.02. The number of nitrogens with zero attached hydrogens (tertiary/aromatic N) is 1.